The molecule has 0 saturated heterocycles. The van der Waals surface area contributed by atoms with Gasteiger partial charge in [0.05, 0.1) is 34.4 Å². The predicted molar refractivity (Wildman–Crippen MR) is 410 cm³/mol. The van der Waals surface area contributed by atoms with Crippen LogP contribution in [0, 0.1) is 0 Å². The number of carboxylic acids is 1. The minimum absolute atomic E-state index is 0.176. The maximum Gasteiger partial charge on any atom is 0.361 e. The molecule has 0 amide bonds. The monoisotopic (exact) mass is 1340 g/mol. The van der Waals surface area contributed by atoms with Gasteiger partial charge in [-0.3, -0.25) is 9.59 Å². The van der Waals surface area contributed by atoms with Crippen molar-refractivity contribution in [1.29, 1.82) is 0 Å². The van der Waals surface area contributed by atoms with Gasteiger partial charge < -0.3 is 28.5 Å². The van der Waals surface area contributed by atoms with Crippen molar-refractivity contribution in [2.75, 3.05) is 47.5 Å². The van der Waals surface area contributed by atoms with Gasteiger partial charge in [0.15, 0.2) is 6.10 Å². The summed E-state index contributed by atoms with van der Waals surface area (Å²) in [5, 5.41) is 9.78. The zero-order valence-electron chi connectivity index (χ0n) is 64.1. The van der Waals surface area contributed by atoms with Crippen molar-refractivity contribution < 1.29 is 42.9 Å². The predicted octanol–water partition coefficient (Wildman–Crippen LogP) is 26.8. The molecule has 9 heteroatoms. The van der Waals surface area contributed by atoms with Gasteiger partial charge in [-0.2, -0.15) is 0 Å². The fraction of sp³-hybridized carbons (Fsp3) is 0.872. The Labute approximate surface area is 591 Å². The molecule has 95 heavy (non-hydrogen) atoms. The molecule has 0 rings (SSSR count). The Morgan fingerprint density at radius 2 is 0.568 bits per heavy atom. The SMILES string of the molecule is CCCCCCC/C=C\C/C=C\C/C=C\CCCCCCCCCCCCCCCCCCCCCCCCCCC(=O)OC(COC(=O)CCCCCCCCCCCCCCCCCCCCC/C=C\CCCCCCCCCC)COC(OCC[N+](C)(C)C)C(=O)O. The molecule has 0 aliphatic heterocycles. The van der Waals surface area contributed by atoms with Gasteiger partial charge in [0.1, 0.15) is 13.2 Å². The molecule has 2 unspecified atom stereocenters. The van der Waals surface area contributed by atoms with Crippen molar-refractivity contribution in [3.63, 3.8) is 0 Å². The van der Waals surface area contributed by atoms with Crippen LogP contribution in [0.5, 0.6) is 0 Å². The Bertz CT molecular complexity index is 1700. The van der Waals surface area contributed by atoms with Crippen LogP contribution in [0.3, 0.4) is 0 Å². The van der Waals surface area contributed by atoms with E-state index in [1.54, 1.807) is 0 Å². The third kappa shape index (κ3) is 78.5. The van der Waals surface area contributed by atoms with E-state index in [-0.39, 0.29) is 38.2 Å². The second-order valence-corrected chi connectivity index (χ2v) is 29.8. The van der Waals surface area contributed by atoms with Crippen molar-refractivity contribution >= 4 is 17.9 Å². The van der Waals surface area contributed by atoms with E-state index in [2.05, 4.69) is 62.5 Å². The molecular weight excluding hydrogens is 1170 g/mol. The summed E-state index contributed by atoms with van der Waals surface area (Å²) in [6.07, 6.45) is 98.6. The lowest BCUT2D eigenvalue weighted by molar-refractivity contribution is -0.870. The number of ether oxygens (including phenoxy) is 4. The summed E-state index contributed by atoms with van der Waals surface area (Å²) >= 11 is 0. The molecule has 2 atom stereocenters. The smallest absolute Gasteiger partial charge is 0.361 e. The number of carboxylic acid groups (broad SMARTS) is 1. The highest BCUT2D eigenvalue weighted by Crippen LogP contribution is 2.20. The average Bonchev–Trinajstić information content (AvgIpc) is 2.92. The van der Waals surface area contributed by atoms with Crippen LogP contribution in [0.1, 0.15) is 425 Å². The summed E-state index contributed by atoms with van der Waals surface area (Å²) in [5.74, 6) is -1.97. The largest absolute Gasteiger partial charge is 0.477 e. The number of rotatable bonds is 79. The second kappa shape index (κ2) is 77.0. The van der Waals surface area contributed by atoms with Gasteiger partial charge in [0.2, 0.25) is 0 Å². The second-order valence-electron chi connectivity index (χ2n) is 29.8. The van der Waals surface area contributed by atoms with E-state index in [1.165, 1.54) is 347 Å². The maximum absolute atomic E-state index is 13.0. The minimum Gasteiger partial charge on any atom is -0.477 e. The van der Waals surface area contributed by atoms with E-state index in [4.69, 9.17) is 18.9 Å². The van der Waals surface area contributed by atoms with Crippen LogP contribution in [0.15, 0.2) is 48.6 Å². The Balaban J connectivity index is 3.94. The summed E-state index contributed by atoms with van der Waals surface area (Å²) in [6, 6.07) is 0. The van der Waals surface area contributed by atoms with Crippen LogP contribution >= 0.6 is 0 Å². The van der Waals surface area contributed by atoms with Gasteiger partial charge in [-0.05, 0) is 77.0 Å². The molecule has 0 fully saturated rings. The molecule has 0 heterocycles. The average molecular weight is 1340 g/mol. The lowest BCUT2D eigenvalue weighted by Crippen LogP contribution is -2.40. The number of esters is 2. The molecule has 0 saturated carbocycles. The minimum atomic E-state index is -1.51. The van der Waals surface area contributed by atoms with Crippen molar-refractivity contribution in [3.8, 4) is 0 Å². The normalized spacial score (nSPS) is 12.8. The highest BCUT2D eigenvalue weighted by molar-refractivity contribution is 5.71. The van der Waals surface area contributed by atoms with E-state index in [0.29, 0.717) is 17.4 Å². The highest BCUT2D eigenvalue weighted by atomic mass is 16.7. The molecule has 0 aromatic carbocycles. The van der Waals surface area contributed by atoms with Gasteiger partial charge in [-0.25, -0.2) is 4.79 Å². The van der Waals surface area contributed by atoms with Crippen molar-refractivity contribution in [2.45, 2.75) is 437 Å². The first-order valence-electron chi connectivity index (χ1n) is 41.8. The standard InChI is InChI=1S/C86H161NO8/c1-6-8-10-12-14-16-18-20-22-24-26-28-30-32-34-36-38-39-40-41-42-43-44-45-47-49-51-53-55-57-59-61-63-65-67-69-71-73-75-77-84(89)95-82(81-94-86(85(90)91)92-79-78-87(3,4)5)80-93-83(88)76-74-72-70-68-66-64-62-60-58-56-54-52-50-48-46-37-35-33-31-29-27-25-23-21-19-17-15-13-11-9-7-2/h18,20,24-27,30,32,82,86H,6-17,19,21-23,28-29,31,33-81H2,1-5H3/p+1/b20-18-,26-24-,27-25-,32-30-. The zero-order chi connectivity index (χ0) is 69.0. The van der Waals surface area contributed by atoms with E-state index < -0.39 is 18.4 Å². The highest BCUT2D eigenvalue weighted by Gasteiger charge is 2.25. The molecule has 0 spiro atoms. The maximum atomic E-state index is 13.0. The molecule has 9 nitrogen and oxygen atoms in total. The van der Waals surface area contributed by atoms with Crippen molar-refractivity contribution in [2.24, 2.45) is 0 Å². The van der Waals surface area contributed by atoms with Crippen LogP contribution < -0.4 is 0 Å². The molecule has 0 aromatic rings. The first-order valence-corrected chi connectivity index (χ1v) is 41.8. The van der Waals surface area contributed by atoms with Gasteiger partial charge >= 0.3 is 17.9 Å². The molecule has 558 valence electrons. The number of unbranched alkanes of at least 4 members (excludes halogenated alkanes) is 56. The number of quaternary nitrogens is 1. The summed E-state index contributed by atoms with van der Waals surface area (Å²) in [6.45, 7) is 4.94. The number of aliphatic carboxylic acids is 1. The van der Waals surface area contributed by atoms with E-state index in [1.807, 2.05) is 21.1 Å². The third-order valence-electron chi connectivity index (χ3n) is 19.1. The number of carbonyl (C=O) groups excluding carboxylic acids is 2. The number of carbonyl (C=O) groups is 3. The first kappa shape index (κ1) is 92.2. The number of allylic oxidation sites excluding steroid dienone is 8. The van der Waals surface area contributed by atoms with Crippen LogP contribution in [0.25, 0.3) is 0 Å². The zero-order valence-corrected chi connectivity index (χ0v) is 64.1. The van der Waals surface area contributed by atoms with Crippen molar-refractivity contribution in [1.82, 2.24) is 0 Å². The van der Waals surface area contributed by atoms with Crippen LogP contribution in [-0.2, 0) is 33.3 Å². The fourth-order valence-electron chi connectivity index (χ4n) is 12.7. The molecule has 0 aliphatic rings. The summed E-state index contributed by atoms with van der Waals surface area (Å²) in [5.41, 5.74) is 0. The Morgan fingerprint density at radius 3 is 0.853 bits per heavy atom. The molecule has 0 radical (unpaired) electrons. The van der Waals surface area contributed by atoms with E-state index in [0.717, 1.165) is 51.4 Å². The molecule has 0 aromatic heterocycles. The molecule has 0 bridgehead atoms. The van der Waals surface area contributed by atoms with Gasteiger partial charge in [-0.1, -0.05) is 383 Å². The van der Waals surface area contributed by atoms with Gasteiger partial charge in [0, 0.05) is 12.8 Å². The number of hydrogen-bond donors (Lipinski definition) is 1. The number of likely N-dealkylation sites (N-methyl/N-ethyl adjacent to an activating group) is 1. The lowest BCUT2D eigenvalue weighted by Gasteiger charge is -2.25. The summed E-state index contributed by atoms with van der Waals surface area (Å²) < 4.78 is 23.1. The summed E-state index contributed by atoms with van der Waals surface area (Å²) in [4.78, 5) is 37.8. The Hall–Kier alpha value is -2.75. The van der Waals surface area contributed by atoms with Crippen LogP contribution in [-0.4, -0.2) is 87.4 Å². The molecule has 0 aliphatic carbocycles. The Kier molecular flexibility index (Phi) is 74.8. The van der Waals surface area contributed by atoms with Crippen LogP contribution in [0.4, 0.5) is 0 Å². The molecule has 1 N–H and O–H groups in total. The first-order chi connectivity index (χ1) is 46.6. The topological polar surface area (TPSA) is 108 Å². The lowest BCUT2D eigenvalue weighted by atomic mass is 10.0. The van der Waals surface area contributed by atoms with Crippen LogP contribution in [0.2, 0.25) is 0 Å². The van der Waals surface area contributed by atoms with Gasteiger partial charge in [-0.15, -0.1) is 0 Å². The van der Waals surface area contributed by atoms with E-state index in [9.17, 15) is 19.5 Å². The summed E-state index contributed by atoms with van der Waals surface area (Å²) in [7, 11) is 6.00. The molecular formula is C86H162NO8+. The number of nitrogens with zero attached hydrogens (tertiary/aromatic N) is 1. The third-order valence-corrected chi connectivity index (χ3v) is 19.1. The van der Waals surface area contributed by atoms with Crippen molar-refractivity contribution in [3.05, 3.63) is 48.6 Å². The fourth-order valence-corrected chi connectivity index (χ4v) is 12.7. The van der Waals surface area contributed by atoms with Gasteiger partial charge in [0.25, 0.3) is 6.29 Å². The Morgan fingerprint density at radius 1 is 0.316 bits per heavy atom. The number of hydrogen-bond acceptors (Lipinski definition) is 7. The quantitative estimate of drug-likeness (QED) is 0.0211. The van der Waals surface area contributed by atoms with E-state index >= 15 is 0 Å².